The van der Waals surface area contributed by atoms with E-state index in [-0.39, 0.29) is 0 Å². The Balaban J connectivity index is 1.00. The second-order valence-corrected chi connectivity index (χ2v) is 17.6. The van der Waals surface area contributed by atoms with Crippen LogP contribution >= 0.6 is 0 Å². The minimum Gasteiger partial charge on any atom is -0.456 e. The zero-order valence-electron chi connectivity index (χ0n) is 37.2. The van der Waals surface area contributed by atoms with Crippen molar-refractivity contribution in [3.05, 3.63) is 289 Å². The molecule has 1 heterocycles. The smallest absolute Gasteiger partial charge is 0.138 e. The average Bonchev–Trinajstić information content (AvgIpc) is 3.71. The largest absolute Gasteiger partial charge is 0.456 e. The van der Waals surface area contributed by atoms with Gasteiger partial charge in [-0.1, -0.05) is 188 Å². The van der Waals surface area contributed by atoms with Gasteiger partial charge >= 0.3 is 0 Å². The summed E-state index contributed by atoms with van der Waals surface area (Å²) >= 11 is 0. The van der Waals surface area contributed by atoms with E-state index >= 15 is 0 Å². The van der Waals surface area contributed by atoms with Gasteiger partial charge in [-0.2, -0.15) is 0 Å². The molecule has 1 aliphatic heterocycles. The van der Waals surface area contributed by atoms with Crippen LogP contribution in [0.2, 0.25) is 0 Å². The van der Waals surface area contributed by atoms with Gasteiger partial charge in [0.2, 0.25) is 0 Å². The number of fused-ring (bicyclic) bond motifs is 5. The minimum absolute atomic E-state index is 0.546. The molecular weight excluding hydrogens is 825 g/mol. The highest BCUT2D eigenvalue weighted by atomic mass is 16.5. The number of ether oxygens (including phenoxy) is 1. The molecule has 0 N–H and O–H groups in total. The summed E-state index contributed by atoms with van der Waals surface area (Å²) in [6.45, 7) is 0. The predicted molar refractivity (Wildman–Crippen MR) is 282 cm³/mol. The van der Waals surface area contributed by atoms with Crippen LogP contribution in [0.25, 0.3) is 44.2 Å². The molecule has 1 aliphatic carbocycles. The van der Waals surface area contributed by atoms with E-state index in [1.807, 2.05) is 0 Å². The van der Waals surface area contributed by atoms with Crippen LogP contribution in [0.3, 0.4) is 0 Å². The average molecular weight is 869 g/mol. The lowest BCUT2D eigenvalue weighted by molar-refractivity contribution is 0.487. The lowest BCUT2D eigenvalue weighted by Gasteiger charge is -2.35. The number of nitrogens with zero attached hydrogens (tertiary/aromatic N) is 2. The maximum atomic E-state index is 7.16. The Bertz CT molecular complexity index is 3550. The monoisotopic (exact) mass is 868 g/mol. The second-order valence-electron chi connectivity index (χ2n) is 17.6. The third-order valence-corrected chi connectivity index (χ3v) is 13.9. The van der Waals surface area contributed by atoms with Crippen molar-refractivity contribution in [3.63, 3.8) is 0 Å². The Morgan fingerprint density at radius 1 is 0.279 bits per heavy atom. The van der Waals surface area contributed by atoms with Crippen LogP contribution in [0.15, 0.2) is 267 Å². The van der Waals surface area contributed by atoms with E-state index in [4.69, 9.17) is 4.74 Å². The molecule has 0 saturated heterocycles. The van der Waals surface area contributed by atoms with Gasteiger partial charge in [0.1, 0.15) is 11.5 Å². The number of para-hydroxylation sites is 2. The van der Waals surface area contributed by atoms with Gasteiger partial charge in [-0.3, -0.25) is 0 Å². The standard InChI is InChI=1S/C65H44N2O/c1-6-19-45(20-7-1)46-33-35-52(36-34-46)67(53-37-39-57-56-30-16-17-32-60(56)65(61(57)42-53,48-22-8-2-9-23-48)49-24-10-3-11-25-49)55-41-47-21-18-31-59-58-40-38-54(43-62(58)68-63(44-55)64(47)59)66(50-26-12-4-13-27-50)51-28-14-5-15-29-51/h1-44H. The molecule has 0 aromatic heterocycles. The van der Waals surface area contributed by atoms with Crippen molar-refractivity contribution in [2.45, 2.75) is 5.41 Å². The third-order valence-electron chi connectivity index (χ3n) is 13.9. The Labute approximate surface area is 397 Å². The Kier molecular flexibility index (Phi) is 9.40. The summed E-state index contributed by atoms with van der Waals surface area (Å²) in [6, 6.07) is 96.5. The van der Waals surface area contributed by atoms with E-state index in [1.165, 1.54) is 44.5 Å². The number of rotatable bonds is 9. The van der Waals surface area contributed by atoms with Gasteiger partial charge in [0, 0.05) is 51.5 Å². The molecule has 2 aliphatic rings. The highest BCUT2D eigenvalue weighted by molar-refractivity contribution is 6.07. The Hall–Kier alpha value is -8.92. The number of hydrogen-bond acceptors (Lipinski definition) is 3. The van der Waals surface area contributed by atoms with E-state index in [1.54, 1.807) is 0 Å². The number of anilines is 6. The van der Waals surface area contributed by atoms with E-state index in [2.05, 4.69) is 277 Å². The lowest BCUT2D eigenvalue weighted by Crippen LogP contribution is -2.28. The minimum atomic E-state index is -0.546. The first kappa shape index (κ1) is 39.4. The number of hydrogen-bond donors (Lipinski definition) is 0. The summed E-state index contributed by atoms with van der Waals surface area (Å²) < 4.78 is 7.16. The van der Waals surface area contributed by atoms with E-state index in [0.717, 1.165) is 67.5 Å². The van der Waals surface area contributed by atoms with Crippen LogP contribution in [0, 0.1) is 0 Å². The molecule has 320 valence electrons. The van der Waals surface area contributed by atoms with Crippen LogP contribution in [0.5, 0.6) is 11.5 Å². The molecule has 0 spiro atoms. The van der Waals surface area contributed by atoms with Crippen LogP contribution in [0.1, 0.15) is 22.3 Å². The molecular formula is C65H44N2O. The fraction of sp³-hybridized carbons (Fsp3) is 0.0154. The van der Waals surface area contributed by atoms with E-state index in [9.17, 15) is 0 Å². The summed E-state index contributed by atoms with van der Waals surface area (Å²) in [5.41, 5.74) is 17.8. The normalized spacial score (nSPS) is 12.6. The lowest BCUT2D eigenvalue weighted by atomic mass is 9.67. The molecule has 68 heavy (non-hydrogen) atoms. The van der Waals surface area contributed by atoms with Gasteiger partial charge in [0.15, 0.2) is 0 Å². The van der Waals surface area contributed by atoms with E-state index in [0.29, 0.717) is 0 Å². The van der Waals surface area contributed by atoms with Crippen molar-refractivity contribution in [2.24, 2.45) is 0 Å². The summed E-state index contributed by atoms with van der Waals surface area (Å²) in [4.78, 5) is 4.69. The van der Waals surface area contributed by atoms with Crippen molar-refractivity contribution in [2.75, 3.05) is 9.80 Å². The van der Waals surface area contributed by atoms with Gasteiger partial charge in [-0.25, -0.2) is 0 Å². The molecule has 13 rings (SSSR count). The van der Waals surface area contributed by atoms with Crippen molar-refractivity contribution in [1.29, 1.82) is 0 Å². The molecule has 0 fully saturated rings. The fourth-order valence-electron chi connectivity index (χ4n) is 10.9. The molecule has 0 saturated carbocycles. The molecule has 3 nitrogen and oxygen atoms in total. The van der Waals surface area contributed by atoms with Crippen LogP contribution in [-0.4, -0.2) is 0 Å². The van der Waals surface area contributed by atoms with Gasteiger partial charge < -0.3 is 14.5 Å². The van der Waals surface area contributed by atoms with Gasteiger partial charge in [0.25, 0.3) is 0 Å². The predicted octanol–water partition coefficient (Wildman–Crippen LogP) is 17.6. The Morgan fingerprint density at radius 3 is 1.41 bits per heavy atom. The zero-order valence-corrected chi connectivity index (χ0v) is 37.2. The number of benzene rings is 11. The molecule has 0 radical (unpaired) electrons. The quantitative estimate of drug-likeness (QED) is 0.144. The van der Waals surface area contributed by atoms with Crippen molar-refractivity contribution in [1.82, 2.24) is 0 Å². The highest BCUT2D eigenvalue weighted by Gasteiger charge is 2.46. The van der Waals surface area contributed by atoms with Crippen LogP contribution in [-0.2, 0) is 5.41 Å². The summed E-state index contributed by atoms with van der Waals surface area (Å²) in [5.74, 6) is 1.65. The molecule has 0 bridgehead atoms. The molecule has 3 heteroatoms. The SMILES string of the molecule is c1ccc(-c2ccc(N(c3ccc4c(c3)C(c3ccccc3)(c3ccccc3)c3ccccc3-4)c3cc4c5c(cccc5c3)-c3ccc(N(c5ccccc5)c5ccccc5)cc3O4)cc2)cc1. The first-order valence-corrected chi connectivity index (χ1v) is 23.3. The van der Waals surface area contributed by atoms with E-state index < -0.39 is 5.41 Å². The van der Waals surface area contributed by atoms with Gasteiger partial charge in [0.05, 0.1) is 11.1 Å². The zero-order chi connectivity index (χ0) is 45.0. The Morgan fingerprint density at radius 2 is 0.750 bits per heavy atom. The molecule has 0 atom stereocenters. The second kappa shape index (κ2) is 16.2. The van der Waals surface area contributed by atoms with Gasteiger partial charge in [-0.15, -0.1) is 0 Å². The molecule has 0 unspecified atom stereocenters. The topological polar surface area (TPSA) is 15.7 Å². The summed E-state index contributed by atoms with van der Waals surface area (Å²) in [6.07, 6.45) is 0. The van der Waals surface area contributed by atoms with Crippen molar-refractivity contribution >= 4 is 44.9 Å². The molecule has 11 aromatic rings. The first-order valence-electron chi connectivity index (χ1n) is 23.3. The van der Waals surface area contributed by atoms with Gasteiger partial charge in [-0.05, 0) is 122 Å². The maximum Gasteiger partial charge on any atom is 0.138 e. The molecule has 0 amide bonds. The van der Waals surface area contributed by atoms with Crippen LogP contribution < -0.4 is 14.5 Å². The highest BCUT2D eigenvalue weighted by Crippen LogP contribution is 2.58. The summed E-state index contributed by atoms with van der Waals surface area (Å²) in [7, 11) is 0. The van der Waals surface area contributed by atoms with Crippen LogP contribution in [0.4, 0.5) is 34.1 Å². The maximum absolute atomic E-state index is 7.16. The first-order chi connectivity index (χ1) is 33.7. The summed E-state index contributed by atoms with van der Waals surface area (Å²) in [5, 5.41) is 2.22. The fourth-order valence-corrected chi connectivity index (χ4v) is 10.9. The van der Waals surface area contributed by atoms with Crippen molar-refractivity contribution < 1.29 is 4.74 Å². The van der Waals surface area contributed by atoms with Crippen molar-refractivity contribution in [3.8, 4) is 44.9 Å². The third kappa shape index (κ3) is 6.35. The molecule has 11 aromatic carbocycles.